The van der Waals surface area contributed by atoms with E-state index in [0.717, 1.165) is 69.2 Å². The molecule has 37 heavy (non-hydrogen) atoms. The molecule has 2 saturated carbocycles. The van der Waals surface area contributed by atoms with Gasteiger partial charge in [0.1, 0.15) is 10.6 Å². The Balaban J connectivity index is 1.67. The van der Waals surface area contributed by atoms with Crippen molar-refractivity contribution in [1.29, 1.82) is 0 Å². The first kappa shape index (κ1) is 26.6. The Bertz CT molecular complexity index is 1250. The maximum absolute atomic E-state index is 14.3. The highest BCUT2D eigenvalue weighted by Crippen LogP contribution is 2.51. The van der Waals surface area contributed by atoms with Crippen molar-refractivity contribution in [1.82, 2.24) is 5.32 Å². The molecule has 0 bridgehead atoms. The fourth-order valence-electron chi connectivity index (χ4n) is 6.43. The number of hydrogen-bond acceptors (Lipinski definition) is 5. The van der Waals surface area contributed by atoms with E-state index in [9.17, 15) is 13.2 Å². The van der Waals surface area contributed by atoms with E-state index in [1.54, 1.807) is 0 Å². The van der Waals surface area contributed by atoms with E-state index in [2.05, 4.69) is 16.0 Å². The second-order valence-electron chi connectivity index (χ2n) is 10.6. The van der Waals surface area contributed by atoms with Gasteiger partial charge < -0.3 is 16.0 Å². The summed E-state index contributed by atoms with van der Waals surface area (Å²) < 4.78 is 24.9. The molecule has 200 valence electrons. The van der Waals surface area contributed by atoms with Crippen molar-refractivity contribution < 1.29 is 13.2 Å². The minimum atomic E-state index is -4.14. The van der Waals surface area contributed by atoms with Crippen LogP contribution >= 0.6 is 23.2 Å². The van der Waals surface area contributed by atoms with Crippen molar-refractivity contribution in [3.63, 3.8) is 0 Å². The van der Waals surface area contributed by atoms with Crippen LogP contribution in [0.15, 0.2) is 41.3 Å². The summed E-state index contributed by atoms with van der Waals surface area (Å²) in [4.78, 5) is 14.1. The molecule has 7 nitrogen and oxygen atoms in total. The summed E-state index contributed by atoms with van der Waals surface area (Å²) in [6.07, 6.45) is 10.4. The molecule has 10 heteroatoms. The van der Waals surface area contributed by atoms with Gasteiger partial charge in [-0.25, -0.2) is 13.6 Å². The first-order valence-electron chi connectivity index (χ1n) is 13.2. The van der Waals surface area contributed by atoms with Crippen LogP contribution < -0.4 is 21.1 Å². The van der Waals surface area contributed by atoms with Crippen LogP contribution in [-0.4, -0.2) is 20.4 Å². The van der Waals surface area contributed by atoms with Crippen LogP contribution in [0.4, 0.5) is 11.4 Å². The minimum absolute atomic E-state index is 0.0465. The number of fused-ring (bicyclic) bond motifs is 1. The molecule has 1 unspecified atom stereocenters. The van der Waals surface area contributed by atoms with Gasteiger partial charge in [-0.2, -0.15) is 0 Å². The zero-order valence-electron chi connectivity index (χ0n) is 20.7. The van der Waals surface area contributed by atoms with E-state index < -0.39 is 21.6 Å². The summed E-state index contributed by atoms with van der Waals surface area (Å²) >= 11 is 13.1. The SMILES string of the molecule is NS(=O)(=O)c1cc(C2(C(C(=O)NC3CCCCC3)C3CCCCC3)Nc3ccccc3N2)c(Cl)cc1Cl. The smallest absolute Gasteiger partial charge is 0.239 e. The quantitative estimate of drug-likeness (QED) is 0.344. The summed E-state index contributed by atoms with van der Waals surface area (Å²) in [5.41, 5.74) is 0.882. The van der Waals surface area contributed by atoms with E-state index in [-0.39, 0.29) is 32.8 Å². The van der Waals surface area contributed by atoms with Gasteiger partial charge in [-0.1, -0.05) is 73.9 Å². The predicted octanol–water partition coefficient (Wildman–Crippen LogP) is 5.98. The average molecular weight is 566 g/mol. The monoisotopic (exact) mass is 564 g/mol. The van der Waals surface area contributed by atoms with Gasteiger partial charge >= 0.3 is 0 Å². The molecular weight excluding hydrogens is 531 g/mol. The lowest BCUT2D eigenvalue weighted by atomic mass is 9.71. The van der Waals surface area contributed by atoms with Crippen molar-refractivity contribution in [3.8, 4) is 0 Å². The van der Waals surface area contributed by atoms with Gasteiger partial charge in [-0.3, -0.25) is 4.79 Å². The van der Waals surface area contributed by atoms with Crippen LogP contribution in [0, 0.1) is 11.8 Å². The number of hydrogen-bond donors (Lipinski definition) is 4. The molecule has 2 aromatic rings. The van der Waals surface area contributed by atoms with Crippen molar-refractivity contribution in [2.45, 2.75) is 80.8 Å². The number of sulfonamides is 1. The Labute approximate surface area is 228 Å². The zero-order valence-corrected chi connectivity index (χ0v) is 23.1. The number of anilines is 2. The number of amides is 1. The number of primary sulfonamides is 1. The van der Waals surface area contributed by atoms with Crippen molar-refractivity contribution >= 4 is 50.5 Å². The predicted molar refractivity (Wildman–Crippen MR) is 148 cm³/mol. The number of benzene rings is 2. The first-order chi connectivity index (χ1) is 17.7. The van der Waals surface area contributed by atoms with E-state index >= 15 is 0 Å². The summed E-state index contributed by atoms with van der Waals surface area (Å²) in [5, 5.41) is 16.3. The second-order valence-corrected chi connectivity index (χ2v) is 13.0. The highest BCUT2D eigenvalue weighted by atomic mass is 35.5. The lowest BCUT2D eigenvalue weighted by Crippen LogP contribution is -2.57. The topological polar surface area (TPSA) is 113 Å². The normalized spacial score (nSPS) is 20.9. The Morgan fingerprint density at radius 2 is 1.49 bits per heavy atom. The van der Waals surface area contributed by atoms with E-state index in [4.69, 9.17) is 28.3 Å². The maximum atomic E-state index is 14.3. The van der Waals surface area contributed by atoms with Crippen LogP contribution in [0.3, 0.4) is 0 Å². The lowest BCUT2D eigenvalue weighted by Gasteiger charge is -2.44. The molecule has 5 N–H and O–H groups in total. The Hall–Kier alpha value is -2.00. The van der Waals surface area contributed by atoms with Gasteiger partial charge in [0.05, 0.1) is 22.3 Å². The average Bonchev–Trinajstić information content (AvgIpc) is 3.24. The number of carbonyl (C=O) groups is 1. The van der Waals surface area contributed by atoms with Gasteiger partial charge in [-0.15, -0.1) is 0 Å². The summed E-state index contributed by atoms with van der Waals surface area (Å²) in [7, 11) is -4.14. The third-order valence-corrected chi connectivity index (χ3v) is 9.85. The molecule has 0 radical (unpaired) electrons. The van der Waals surface area contributed by atoms with E-state index in [1.807, 2.05) is 24.3 Å². The fraction of sp³-hybridized carbons (Fsp3) is 0.519. The zero-order chi connectivity index (χ0) is 26.2. The molecule has 0 aromatic heterocycles. The molecule has 2 aliphatic carbocycles. The van der Waals surface area contributed by atoms with Crippen LogP contribution in [-0.2, 0) is 20.5 Å². The number of carbonyl (C=O) groups excluding carboxylic acids is 1. The van der Waals surface area contributed by atoms with Crippen LogP contribution in [0.1, 0.15) is 69.8 Å². The van der Waals surface area contributed by atoms with Crippen LogP contribution in [0.5, 0.6) is 0 Å². The molecular formula is C27H34Cl2N4O3S. The second kappa shape index (κ2) is 10.6. The Morgan fingerprint density at radius 1 is 0.919 bits per heavy atom. The lowest BCUT2D eigenvalue weighted by molar-refractivity contribution is -0.130. The molecule has 1 amide bonds. The Morgan fingerprint density at radius 3 is 2.05 bits per heavy atom. The van der Waals surface area contributed by atoms with Crippen molar-refractivity contribution in [2.75, 3.05) is 10.6 Å². The molecule has 5 rings (SSSR count). The number of para-hydroxylation sites is 2. The number of nitrogens with two attached hydrogens (primary N) is 1. The summed E-state index contributed by atoms with van der Waals surface area (Å²) in [5.74, 6) is -0.541. The third kappa shape index (κ3) is 5.31. The molecule has 1 aliphatic heterocycles. The van der Waals surface area contributed by atoms with E-state index in [0.29, 0.717) is 5.56 Å². The van der Waals surface area contributed by atoms with Crippen molar-refractivity contribution in [2.24, 2.45) is 17.0 Å². The van der Waals surface area contributed by atoms with Gasteiger partial charge in [0.2, 0.25) is 15.9 Å². The Kier molecular flexibility index (Phi) is 7.65. The summed E-state index contributed by atoms with van der Waals surface area (Å²) in [6.45, 7) is 0. The van der Waals surface area contributed by atoms with Gasteiger partial charge in [0.15, 0.2) is 0 Å². The molecule has 0 saturated heterocycles. The van der Waals surface area contributed by atoms with Gasteiger partial charge in [0, 0.05) is 16.6 Å². The van der Waals surface area contributed by atoms with Gasteiger partial charge in [-0.05, 0) is 55.9 Å². The van der Waals surface area contributed by atoms with E-state index in [1.165, 1.54) is 18.6 Å². The molecule has 3 aliphatic rings. The molecule has 2 aromatic carbocycles. The largest absolute Gasteiger partial charge is 0.357 e. The summed E-state index contributed by atoms with van der Waals surface area (Å²) in [6, 6.07) is 10.7. The molecule has 0 spiro atoms. The standard InChI is InChI=1S/C27H34Cl2N4O3S/c28-20-16-21(29)24(37(30,35)36)15-19(20)27(32-22-13-7-8-14-23(22)33-27)25(17-9-3-1-4-10-17)26(34)31-18-11-5-2-6-12-18/h7-8,13-18,25,32-33H,1-6,9-12H2,(H,31,34)(H2,30,35,36). The van der Waals surface area contributed by atoms with Crippen LogP contribution in [0.25, 0.3) is 0 Å². The maximum Gasteiger partial charge on any atom is 0.239 e. The highest BCUT2D eigenvalue weighted by molar-refractivity contribution is 7.89. The minimum Gasteiger partial charge on any atom is -0.357 e. The molecule has 1 atom stereocenters. The first-order valence-corrected chi connectivity index (χ1v) is 15.5. The molecule has 1 heterocycles. The highest BCUT2D eigenvalue weighted by Gasteiger charge is 2.53. The number of rotatable bonds is 6. The molecule has 2 fully saturated rings. The number of nitrogens with one attached hydrogen (secondary N) is 3. The van der Waals surface area contributed by atoms with Crippen molar-refractivity contribution in [3.05, 3.63) is 52.0 Å². The fourth-order valence-corrected chi connectivity index (χ4v) is 7.90. The van der Waals surface area contributed by atoms with Gasteiger partial charge in [0.25, 0.3) is 0 Å². The third-order valence-electron chi connectivity index (χ3n) is 8.17. The number of halogens is 2. The van der Waals surface area contributed by atoms with Crippen LogP contribution in [0.2, 0.25) is 10.0 Å².